The van der Waals surface area contributed by atoms with E-state index in [1.807, 2.05) is 13.8 Å². The van der Waals surface area contributed by atoms with E-state index >= 15 is 0 Å². The summed E-state index contributed by atoms with van der Waals surface area (Å²) in [7, 11) is 0. The highest BCUT2D eigenvalue weighted by atomic mass is 79.9. The van der Waals surface area contributed by atoms with Gasteiger partial charge in [0, 0.05) is 11.4 Å². The number of halogens is 1. The molecule has 0 aromatic carbocycles. The van der Waals surface area contributed by atoms with Crippen LogP contribution in [0.1, 0.15) is 32.4 Å². The third-order valence-corrected chi connectivity index (χ3v) is 2.67. The molecule has 0 aliphatic rings. The van der Waals surface area contributed by atoms with Crippen molar-refractivity contribution in [1.29, 1.82) is 0 Å². The van der Waals surface area contributed by atoms with Crippen molar-refractivity contribution in [2.45, 2.75) is 26.7 Å². The van der Waals surface area contributed by atoms with Crippen LogP contribution in [0, 0.1) is 5.92 Å². The second kappa shape index (κ2) is 7.41. The number of carbonyl (C=O) groups is 1. The molecule has 1 aromatic heterocycles. The SMILES string of the molecule is CCOC(=O)C(c1cc(OCCBr)no1)C(C)C. The quantitative estimate of drug-likeness (QED) is 0.571. The molecule has 1 unspecified atom stereocenters. The number of nitrogens with zero attached hydrogens (tertiary/aromatic N) is 1. The predicted molar refractivity (Wildman–Crippen MR) is 70.0 cm³/mol. The van der Waals surface area contributed by atoms with Crippen molar-refractivity contribution < 1.29 is 18.8 Å². The van der Waals surface area contributed by atoms with E-state index in [0.29, 0.717) is 30.2 Å². The first-order valence-electron chi connectivity index (χ1n) is 5.92. The molecule has 0 radical (unpaired) electrons. The second-order valence-corrected chi connectivity index (χ2v) is 4.87. The van der Waals surface area contributed by atoms with Crippen molar-refractivity contribution in [3.8, 4) is 5.88 Å². The zero-order valence-electron chi connectivity index (χ0n) is 10.8. The molecule has 1 atom stereocenters. The Morgan fingerprint density at radius 2 is 2.28 bits per heavy atom. The Morgan fingerprint density at radius 1 is 1.56 bits per heavy atom. The van der Waals surface area contributed by atoms with Gasteiger partial charge in [-0.1, -0.05) is 29.8 Å². The lowest BCUT2D eigenvalue weighted by molar-refractivity contribution is -0.146. The number of esters is 1. The smallest absolute Gasteiger partial charge is 0.317 e. The molecule has 18 heavy (non-hydrogen) atoms. The lowest BCUT2D eigenvalue weighted by atomic mass is 9.93. The summed E-state index contributed by atoms with van der Waals surface area (Å²) in [6.45, 7) is 6.49. The van der Waals surface area contributed by atoms with Crippen molar-refractivity contribution >= 4 is 21.9 Å². The maximum atomic E-state index is 11.9. The van der Waals surface area contributed by atoms with Crippen molar-refractivity contribution in [2.24, 2.45) is 5.92 Å². The van der Waals surface area contributed by atoms with Gasteiger partial charge in [-0.3, -0.25) is 4.79 Å². The molecule has 0 bridgehead atoms. The molecule has 1 rings (SSSR count). The van der Waals surface area contributed by atoms with Gasteiger partial charge in [-0.25, -0.2) is 0 Å². The van der Waals surface area contributed by atoms with Crippen LogP contribution in [0.4, 0.5) is 0 Å². The molecule has 0 fully saturated rings. The van der Waals surface area contributed by atoms with Gasteiger partial charge in [-0.05, 0) is 18.0 Å². The lowest BCUT2D eigenvalue weighted by Gasteiger charge is -2.15. The fraction of sp³-hybridized carbons (Fsp3) is 0.667. The molecule has 0 N–H and O–H groups in total. The van der Waals surface area contributed by atoms with Crippen LogP contribution in [0.15, 0.2) is 10.6 Å². The molecular formula is C12H18BrNO4. The van der Waals surface area contributed by atoms with Gasteiger partial charge in [0.1, 0.15) is 5.92 Å². The maximum absolute atomic E-state index is 11.9. The van der Waals surface area contributed by atoms with Crippen LogP contribution in [-0.2, 0) is 9.53 Å². The summed E-state index contributed by atoms with van der Waals surface area (Å²) in [6, 6.07) is 1.64. The zero-order valence-corrected chi connectivity index (χ0v) is 12.4. The Bertz CT molecular complexity index is 378. The molecule has 0 aliphatic carbocycles. The molecule has 6 heteroatoms. The van der Waals surface area contributed by atoms with Crippen LogP contribution in [0.5, 0.6) is 5.88 Å². The van der Waals surface area contributed by atoms with Gasteiger partial charge in [0.2, 0.25) is 0 Å². The maximum Gasteiger partial charge on any atom is 0.317 e. The van der Waals surface area contributed by atoms with E-state index in [1.165, 1.54) is 0 Å². The monoisotopic (exact) mass is 319 g/mol. The van der Waals surface area contributed by atoms with Gasteiger partial charge in [-0.2, -0.15) is 0 Å². The van der Waals surface area contributed by atoms with Crippen LogP contribution in [0.3, 0.4) is 0 Å². The van der Waals surface area contributed by atoms with E-state index in [1.54, 1.807) is 13.0 Å². The van der Waals surface area contributed by atoms with E-state index in [-0.39, 0.29) is 11.9 Å². The Morgan fingerprint density at radius 3 is 2.83 bits per heavy atom. The van der Waals surface area contributed by atoms with Crippen LogP contribution >= 0.6 is 15.9 Å². The number of alkyl halides is 1. The van der Waals surface area contributed by atoms with Crippen LogP contribution < -0.4 is 4.74 Å². The molecule has 0 spiro atoms. The van der Waals surface area contributed by atoms with Crippen LogP contribution in [0.25, 0.3) is 0 Å². The van der Waals surface area contributed by atoms with Gasteiger partial charge < -0.3 is 14.0 Å². The third-order valence-electron chi connectivity index (χ3n) is 2.35. The number of rotatable bonds is 7. The van der Waals surface area contributed by atoms with E-state index < -0.39 is 5.92 Å². The van der Waals surface area contributed by atoms with Gasteiger partial charge in [0.15, 0.2) is 5.76 Å². The number of aromatic nitrogens is 1. The van der Waals surface area contributed by atoms with Gasteiger partial charge in [-0.15, -0.1) is 0 Å². The predicted octanol–water partition coefficient (Wildman–Crippen LogP) is 2.75. The average Bonchev–Trinajstić information content (AvgIpc) is 2.75. The summed E-state index contributed by atoms with van der Waals surface area (Å²) in [5.74, 6) is 0.197. The van der Waals surface area contributed by atoms with Gasteiger partial charge in [0.25, 0.3) is 5.88 Å². The fourth-order valence-electron chi connectivity index (χ4n) is 1.58. The number of hydrogen-bond donors (Lipinski definition) is 0. The molecule has 0 saturated heterocycles. The van der Waals surface area contributed by atoms with Crippen molar-refractivity contribution in [3.63, 3.8) is 0 Å². The topological polar surface area (TPSA) is 61.6 Å². The minimum Gasteiger partial charge on any atom is -0.475 e. The zero-order chi connectivity index (χ0) is 13.5. The van der Waals surface area contributed by atoms with Gasteiger partial charge in [0.05, 0.1) is 13.2 Å². The highest BCUT2D eigenvalue weighted by molar-refractivity contribution is 9.09. The normalized spacial score (nSPS) is 12.5. The third kappa shape index (κ3) is 4.01. The summed E-state index contributed by atoms with van der Waals surface area (Å²) in [5.41, 5.74) is 0. The lowest BCUT2D eigenvalue weighted by Crippen LogP contribution is -2.20. The Labute approximate surface area is 115 Å². The number of carbonyl (C=O) groups excluding carboxylic acids is 1. The summed E-state index contributed by atoms with van der Waals surface area (Å²) in [5, 5.41) is 4.48. The number of hydrogen-bond acceptors (Lipinski definition) is 5. The molecule has 1 heterocycles. The van der Waals surface area contributed by atoms with E-state index in [0.717, 1.165) is 0 Å². The van der Waals surface area contributed by atoms with Crippen LogP contribution in [0.2, 0.25) is 0 Å². The molecule has 102 valence electrons. The molecule has 1 aromatic rings. The number of ether oxygens (including phenoxy) is 2. The molecular weight excluding hydrogens is 302 g/mol. The molecule has 5 nitrogen and oxygen atoms in total. The standard InChI is InChI=1S/C12H18BrNO4/c1-4-16-12(15)11(8(2)3)9-7-10(14-18-9)17-6-5-13/h7-8,11H,4-6H2,1-3H3. The fourth-order valence-corrected chi connectivity index (χ4v) is 1.74. The van der Waals surface area contributed by atoms with Crippen molar-refractivity contribution in [3.05, 3.63) is 11.8 Å². The first-order valence-corrected chi connectivity index (χ1v) is 7.04. The van der Waals surface area contributed by atoms with E-state index in [4.69, 9.17) is 14.0 Å². The molecule has 0 saturated carbocycles. The molecule has 0 amide bonds. The summed E-state index contributed by atoms with van der Waals surface area (Å²) < 4.78 is 15.5. The van der Waals surface area contributed by atoms with Gasteiger partial charge >= 0.3 is 5.97 Å². The average molecular weight is 320 g/mol. The highest BCUT2D eigenvalue weighted by Gasteiger charge is 2.29. The first kappa shape index (κ1) is 15.0. The largest absolute Gasteiger partial charge is 0.475 e. The molecule has 0 aliphatic heterocycles. The Hall–Kier alpha value is -1.04. The Balaban J connectivity index is 2.79. The van der Waals surface area contributed by atoms with E-state index in [9.17, 15) is 4.79 Å². The first-order chi connectivity index (χ1) is 8.60. The van der Waals surface area contributed by atoms with Crippen LogP contribution in [-0.4, -0.2) is 29.7 Å². The minimum absolute atomic E-state index is 0.0704. The highest BCUT2D eigenvalue weighted by Crippen LogP contribution is 2.28. The van der Waals surface area contributed by atoms with Crippen molar-refractivity contribution in [2.75, 3.05) is 18.5 Å². The summed E-state index contributed by atoms with van der Waals surface area (Å²) in [6.07, 6.45) is 0. The minimum atomic E-state index is -0.446. The Kier molecular flexibility index (Phi) is 6.18. The van der Waals surface area contributed by atoms with E-state index in [2.05, 4.69) is 21.1 Å². The summed E-state index contributed by atoms with van der Waals surface area (Å²) >= 11 is 3.25. The second-order valence-electron chi connectivity index (χ2n) is 4.08. The summed E-state index contributed by atoms with van der Waals surface area (Å²) in [4.78, 5) is 11.9. The van der Waals surface area contributed by atoms with Crippen molar-refractivity contribution in [1.82, 2.24) is 5.16 Å².